The van der Waals surface area contributed by atoms with E-state index in [0.29, 0.717) is 0 Å². The molecule has 1 rings (SSSR count). The molecule has 1 aliphatic rings. The third kappa shape index (κ3) is 2.07. The Morgan fingerprint density at radius 3 is 2.40 bits per heavy atom. The highest BCUT2D eigenvalue weighted by atomic mass is 31.1. The summed E-state index contributed by atoms with van der Waals surface area (Å²) >= 11 is 0. The third-order valence-electron chi connectivity index (χ3n) is 1.62. The fourth-order valence-corrected chi connectivity index (χ4v) is 4.69. The summed E-state index contributed by atoms with van der Waals surface area (Å²) in [6.45, 7) is 7.26. The van der Waals surface area contributed by atoms with E-state index in [1.54, 1.807) is 4.94 Å². The van der Waals surface area contributed by atoms with Crippen LogP contribution in [0.1, 0.15) is 0 Å². The Labute approximate surface area is 66.2 Å². The average Bonchev–Trinajstić information content (AvgIpc) is 1.88. The van der Waals surface area contributed by atoms with Crippen molar-refractivity contribution < 1.29 is 0 Å². The Morgan fingerprint density at radius 2 is 2.10 bits per heavy atom. The lowest BCUT2D eigenvalue weighted by Crippen LogP contribution is -2.21. The van der Waals surface area contributed by atoms with Gasteiger partial charge >= 0.3 is 0 Å². The summed E-state index contributed by atoms with van der Waals surface area (Å²) in [4.78, 5) is 1.75. The molecular formula is C8H15PSi. The fraction of sp³-hybridized carbons (Fsp3) is 0.500. The molecule has 0 aliphatic carbocycles. The van der Waals surface area contributed by atoms with Crippen LogP contribution in [0, 0.1) is 0 Å². The minimum absolute atomic E-state index is 0.934. The van der Waals surface area contributed by atoms with Crippen molar-refractivity contribution in [2.45, 2.75) is 19.6 Å². The fourth-order valence-electron chi connectivity index (χ4n) is 0.975. The molecule has 0 aromatic rings. The quantitative estimate of drug-likeness (QED) is 0.419. The van der Waals surface area contributed by atoms with Gasteiger partial charge < -0.3 is 0 Å². The molecular weight excluding hydrogens is 155 g/mol. The van der Waals surface area contributed by atoms with Gasteiger partial charge in [-0.2, -0.15) is 0 Å². The van der Waals surface area contributed by atoms with Crippen LogP contribution >= 0.6 is 8.58 Å². The summed E-state index contributed by atoms with van der Waals surface area (Å²) in [5.74, 6) is 0. The van der Waals surface area contributed by atoms with E-state index in [1.807, 2.05) is 0 Å². The number of hydrogen-bond donors (Lipinski definition) is 0. The van der Waals surface area contributed by atoms with Gasteiger partial charge in [0.05, 0.1) is 8.07 Å². The van der Waals surface area contributed by atoms with Gasteiger partial charge in [-0.05, 0) is 6.16 Å². The largest absolute Gasteiger partial charge is 0.0954 e. The van der Waals surface area contributed by atoms with Gasteiger partial charge in [-0.25, -0.2) is 0 Å². The lowest BCUT2D eigenvalue weighted by molar-refractivity contribution is 1.65. The molecule has 0 radical (unpaired) electrons. The van der Waals surface area contributed by atoms with Gasteiger partial charge in [0, 0.05) is 0 Å². The van der Waals surface area contributed by atoms with Gasteiger partial charge in [-0.3, -0.25) is 0 Å². The van der Waals surface area contributed by atoms with Gasteiger partial charge in [-0.1, -0.05) is 51.4 Å². The van der Waals surface area contributed by atoms with Crippen LogP contribution in [0.25, 0.3) is 0 Å². The molecule has 0 saturated carbocycles. The van der Waals surface area contributed by atoms with Crippen molar-refractivity contribution in [3.8, 4) is 0 Å². The van der Waals surface area contributed by atoms with Crippen LogP contribution in [0.2, 0.25) is 19.6 Å². The monoisotopic (exact) mass is 170 g/mol. The van der Waals surface area contributed by atoms with Crippen LogP contribution in [0.4, 0.5) is 0 Å². The van der Waals surface area contributed by atoms with E-state index >= 15 is 0 Å². The highest BCUT2D eigenvalue weighted by Crippen LogP contribution is 2.34. The Bertz CT molecular complexity index is 174. The predicted molar refractivity (Wildman–Crippen MR) is 53.8 cm³/mol. The number of allylic oxidation sites excluding steroid dienone is 3. The molecule has 0 fully saturated rings. The molecule has 1 aliphatic heterocycles. The van der Waals surface area contributed by atoms with E-state index in [9.17, 15) is 0 Å². The van der Waals surface area contributed by atoms with Crippen molar-refractivity contribution in [2.75, 3.05) is 6.16 Å². The molecule has 0 bridgehead atoms. The van der Waals surface area contributed by atoms with Gasteiger partial charge in [0.25, 0.3) is 0 Å². The molecule has 1 unspecified atom stereocenters. The van der Waals surface area contributed by atoms with Crippen LogP contribution in [-0.2, 0) is 0 Å². The van der Waals surface area contributed by atoms with Crippen LogP contribution in [0.5, 0.6) is 0 Å². The minimum atomic E-state index is -0.934. The molecule has 1 heterocycles. The topological polar surface area (TPSA) is 0 Å². The van der Waals surface area contributed by atoms with Crippen molar-refractivity contribution in [1.82, 2.24) is 0 Å². The summed E-state index contributed by atoms with van der Waals surface area (Å²) in [6.07, 6.45) is 8.09. The summed E-state index contributed by atoms with van der Waals surface area (Å²) < 4.78 is 0. The highest BCUT2D eigenvalue weighted by Gasteiger charge is 2.18. The second-order valence-corrected chi connectivity index (χ2v) is 10.5. The second-order valence-electron chi connectivity index (χ2n) is 3.64. The van der Waals surface area contributed by atoms with E-state index in [1.165, 1.54) is 6.16 Å². The first-order chi connectivity index (χ1) is 4.61. The smallest absolute Gasteiger partial charge is 0.0779 e. The Hall–Kier alpha value is 0.127. The molecule has 0 N–H and O–H groups in total. The summed E-state index contributed by atoms with van der Waals surface area (Å²) in [5.41, 5.74) is 0. The van der Waals surface area contributed by atoms with Crippen molar-refractivity contribution in [3.05, 3.63) is 23.2 Å². The van der Waals surface area contributed by atoms with Gasteiger partial charge in [0.2, 0.25) is 0 Å². The zero-order valence-electron chi connectivity index (χ0n) is 6.94. The molecule has 1 atom stereocenters. The predicted octanol–water partition coefficient (Wildman–Crippen LogP) is 3.00. The maximum absolute atomic E-state index is 2.42. The average molecular weight is 170 g/mol. The zero-order valence-corrected chi connectivity index (χ0v) is 8.94. The lowest BCUT2D eigenvalue weighted by Gasteiger charge is -2.21. The summed E-state index contributed by atoms with van der Waals surface area (Å²) in [6, 6.07) is 0. The SMILES string of the molecule is C[Si](C)(C)C1=CC=CCP1. The molecule has 2 heteroatoms. The van der Waals surface area contributed by atoms with Gasteiger partial charge in [-0.15, -0.1) is 0 Å². The van der Waals surface area contributed by atoms with E-state index in [0.717, 1.165) is 8.58 Å². The first-order valence-corrected chi connectivity index (χ1v) is 8.42. The summed E-state index contributed by atoms with van der Waals surface area (Å²) in [7, 11) is 0.146. The van der Waals surface area contributed by atoms with Gasteiger partial charge in [0.15, 0.2) is 0 Å². The Morgan fingerprint density at radius 1 is 1.40 bits per heavy atom. The maximum atomic E-state index is 2.42. The molecule has 56 valence electrons. The van der Waals surface area contributed by atoms with E-state index in [2.05, 4.69) is 37.9 Å². The Kier molecular flexibility index (Phi) is 2.48. The van der Waals surface area contributed by atoms with Crippen LogP contribution in [-0.4, -0.2) is 14.2 Å². The number of rotatable bonds is 1. The van der Waals surface area contributed by atoms with Crippen molar-refractivity contribution in [1.29, 1.82) is 0 Å². The minimum Gasteiger partial charge on any atom is -0.0954 e. The first kappa shape index (κ1) is 8.23. The molecule has 0 aromatic heterocycles. The normalized spacial score (nSPS) is 21.3. The summed E-state index contributed by atoms with van der Waals surface area (Å²) in [5, 5.41) is 0. The molecule has 0 saturated heterocycles. The molecule has 0 spiro atoms. The molecule has 0 amide bonds. The van der Waals surface area contributed by atoms with Crippen molar-refractivity contribution in [2.24, 2.45) is 0 Å². The molecule has 0 nitrogen and oxygen atoms in total. The van der Waals surface area contributed by atoms with E-state index in [4.69, 9.17) is 0 Å². The zero-order chi connectivity index (χ0) is 7.61. The highest BCUT2D eigenvalue weighted by molar-refractivity contribution is 7.49. The van der Waals surface area contributed by atoms with Crippen LogP contribution in [0.15, 0.2) is 23.2 Å². The van der Waals surface area contributed by atoms with E-state index in [-0.39, 0.29) is 0 Å². The van der Waals surface area contributed by atoms with Crippen molar-refractivity contribution >= 4 is 16.7 Å². The van der Waals surface area contributed by atoms with Crippen LogP contribution < -0.4 is 0 Å². The van der Waals surface area contributed by atoms with Crippen molar-refractivity contribution in [3.63, 3.8) is 0 Å². The van der Waals surface area contributed by atoms with Crippen LogP contribution in [0.3, 0.4) is 0 Å². The standard InChI is InChI=1S/C8H15PSi/c1-10(2,3)8-6-4-5-7-9-8/h4-6,9H,7H2,1-3H3. The van der Waals surface area contributed by atoms with E-state index < -0.39 is 8.07 Å². The maximum Gasteiger partial charge on any atom is 0.0779 e. The lowest BCUT2D eigenvalue weighted by atomic mass is 10.5. The second kappa shape index (κ2) is 3.02. The number of hydrogen-bond acceptors (Lipinski definition) is 0. The third-order valence-corrected chi connectivity index (χ3v) is 7.17. The van der Waals surface area contributed by atoms with Gasteiger partial charge in [0.1, 0.15) is 0 Å². The molecule has 0 aromatic carbocycles. The Balaban J connectivity index is 2.72. The molecule has 10 heavy (non-hydrogen) atoms. The first-order valence-electron chi connectivity index (χ1n) is 3.72.